The molecule has 0 aliphatic heterocycles. The van der Waals surface area contributed by atoms with Crippen molar-refractivity contribution in [2.75, 3.05) is 13.2 Å². The van der Waals surface area contributed by atoms with Crippen LogP contribution in [0.5, 0.6) is 34.5 Å². The van der Waals surface area contributed by atoms with Gasteiger partial charge in [-0.2, -0.15) is 0 Å². The van der Waals surface area contributed by atoms with Crippen molar-refractivity contribution in [3.8, 4) is 34.5 Å². The van der Waals surface area contributed by atoms with E-state index in [0.717, 1.165) is 0 Å². The Balaban J connectivity index is 1.14. The Bertz CT molecular complexity index is 1730. The molecule has 4 aromatic rings. The zero-order chi connectivity index (χ0) is 35.0. The lowest BCUT2D eigenvalue weighted by atomic mass is 10.0. The van der Waals surface area contributed by atoms with Gasteiger partial charge >= 0.3 is 23.9 Å². The highest BCUT2D eigenvalue weighted by Crippen LogP contribution is 2.23. The van der Waals surface area contributed by atoms with E-state index in [-0.39, 0.29) is 30.3 Å². The van der Waals surface area contributed by atoms with E-state index in [1.54, 1.807) is 60.7 Å². The minimum Gasteiger partial charge on any atom is -0.490 e. The molecule has 49 heavy (non-hydrogen) atoms. The summed E-state index contributed by atoms with van der Waals surface area (Å²) in [4.78, 5) is 49.7. The zero-order valence-electron chi connectivity index (χ0n) is 27.0. The molecule has 1 atom stereocenters. The SMILES string of the molecule is C=CCOc1ccc(C(=O)Oc2ccc(OC(=O)CC[C@H](C)CC(=O)Oc3ccc(OC(=O)c4ccc(OCC=C)cc4)cc3)cc2)cc1. The molecule has 10 nitrogen and oxygen atoms in total. The number of benzene rings is 4. The molecule has 0 aliphatic rings. The summed E-state index contributed by atoms with van der Waals surface area (Å²) in [7, 11) is 0. The molecule has 0 saturated carbocycles. The van der Waals surface area contributed by atoms with E-state index in [9.17, 15) is 19.2 Å². The van der Waals surface area contributed by atoms with Crippen LogP contribution in [-0.2, 0) is 9.59 Å². The van der Waals surface area contributed by atoms with Gasteiger partial charge in [0.1, 0.15) is 47.7 Å². The third-order valence-corrected chi connectivity index (χ3v) is 6.80. The van der Waals surface area contributed by atoms with Gasteiger partial charge in [-0.25, -0.2) is 9.59 Å². The van der Waals surface area contributed by atoms with E-state index in [1.165, 1.54) is 48.5 Å². The van der Waals surface area contributed by atoms with Crippen molar-refractivity contribution in [3.63, 3.8) is 0 Å². The first-order valence-corrected chi connectivity index (χ1v) is 15.5. The van der Waals surface area contributed by atoms with Gasteiger partial charge in [-0.1, -0.05) is 32.2 Å². The highest BCUT2D eigenvalue weighted by atomic mass is 16.5. The number of esters is 4. The first kappa shape index (κ1) is 35.7. The summed E-state index contributed by atoms with van der Waals surface area (Å²) in [5.41, 5.74) is 0.703. The van der Waals surface area contributed by atoms with Crippen LogP contribution in [0.1, 0.15) is 46.9 Å². The fourth-order valence-corrected chi connectivity index (χ4v) is 4.27. The summed E-state index contributed by atoms with van der Waals surface area (Å²) in [6.45, 7) is 9.74. The van der Waals surface area contributed by atoms with Crippen LogP contribution in [0, 0.1) is 5.92 Å². The number of carbonyl (C=O) groups is 4. The average molecular weight is 665 g/mol. The lowest BCUT2D eigenvalue weighted by Crippen LogP contribution is -2.15. The average Bonchev–Trinajstić information content (AvgIpc) is 3.11. The molecular weight excluding hydrogens is 628 g/mol. The molecule has 252 valence electrons. The second-order valence-corrected chi connectivity index (χ2v) is 10.8. The Kier molecular flexibility index (Phi) is 13.3. The second-order valence-electron chi connectivity index (χ2n) is 10.8. The van der Waals surface area contributed by atoms with Crippen LogP contribution in [0.2, 0.25) is 0 Å². The summed E-state index contributed by atoms with van der Waals surface area (Å²) >= 11 is 0. The van der Waals surface area contributed by atoms with Crippen molar-refractivity contribution in [3.05, 3.63) is 133 Å². The lowest BCUT2D eigenvalue weighted by Gasteiger charge is -2.11. The third-order valence-electron chi connectivity index (χ3n) is 6.80. The number of rotatable bonds is 17. The molecule has 0 amide bonds. The molecular formula is C39H36O10. The molecule has 0 bridgehead atoms. The van der Waals surface area contributed by atoms with Crippen LogP contribution < -0.4 is 28.4 Å². The molecule has 0 N–H and O–H groups in total. The van der Waals surface area contributed by atoms with E-state index in [4.69, 9.17) is 28.4 Å². The molecule has 0 unspecified atom stereocenters. The number of hydrogen-bond donors (Lipinski definition) is 0. The summed E-state index contributed by atoms with van der Waals surface area (Å²) in [6, 6.07) is 25.3. The summed E-state index contributed by atoms with van der Waals surface area (Å²) in [6.07, 6.45) is 3.82. The van der Waals surface area contributed by atoms with Gasteiger partial charge in [-0.05, 0) is 109 Å². The van der Waals surface area contributed by atoms with Gasteiger partial charge in [-0.3, -0.25) is 9.59 Å². The van der Waals surface area contributed by atoms with Crippen molar-refractivity contribution in [2.24, 2.45) is 5.92 Å². The van der Waals surface area contributed by atoms with Crippen LogP contribution >= 0.6 is 0 Å². The van der Waals surface area contributed by atoms with Gasteiger partial charge in [0.25, 0.3) is 0 Å². The monoisotopic (exact) mass is 664 g/mol. The maximum absolute atomic E-state index is 12.5. The molecule has 0 heterocycles. The van der Waals surface area contributed by atoms with E-state index in [1.807, 2.05) is 6.92 Å². The van der Waals surface area contributed by atoms with Crippen LogP contribution in [0.4, 0.5) is 0 Å². The second kappa shape index (κ2) is 18.2. The van der Waals surface area contributed by atoms with E-state index < -0.39 is 23.9 Å². The first-order chi connectivity index (χ1) is 23.7. The van der Waals surface area contributed by atoms with E-state index in [2.05, 4.69) is 13.2 Å². The highest BCUT2D eigenvalue weighted by molar-refractivity contribution is 5.91. The fraction of sp³-hybridized carbons (Fsp3) is 0.179. The normalized spacial score (nSPS) is 11.0. The van der Waals surface area contributed by atoms with Gasteiger partial charge in [0, 0.05) is 12.8 Å². The van der Waals surface area contributed by atoms with Crippen LogP contribution in [0.15, 0.2) is 122 Å². The van der Waals surface area contributed by atoms with Gasteiger partial charge in [0.05, 0.1) is 11.1 Å². The molecule has 4 aromatic carbocycles. The van der Waals surface area contributed by atoms with Crippen molar-refractivity contribution >= 4 is 23.9 Å². The Morgan fingerprint density at radius 3 is 1.27 bits per heavy atom. The zero-order valence-corrected chi connectivity index (χ0v) is 27.0. The molecule has 0 saturated heterocycles. The van der Waals surface area contributed by atoms with Gasteiger partial charge in [0.2, 0.25) is 0 Å². The fourth-order valence-electron chi connectivity index (χ4n) is 4.27. The van der Waals surface area contributed by atoms with Crippen LogP contribution in [-0.4, -0.2) is 37.1 Å². The Labute approximate surface area is 284 Å². The quantitative estimate of drug-likeness (QED) is 0.0634. The Morgan fingerprint density at radius 2 is 0.878 bits per heavy atom. The molecule has 0 spiro atoms. The molecule has 10 heteroatoms. The minimum absolute atomic E-state index is 0.0845. The van der Waals surface area contributed by atoms with Gasteiger partial charge in [-0.15, -0.1) is 0 Å². The number of ether oxygens (including phenoxy) is 6. The van der Waals surface area contributed by atoms with E-state index >= 15 is 0 Å². The van der Waals surface area contributed by atoms with Crippen molar-refractivity contribution in [1.82, 2.24) is 0 Å². The number of carbonyl (C=O) groups excluding carboxylic acids is 4. The predicted molar refractivity (Wildman–Crippen MR) is 181 cm³/mol. The molecule has 0 radical (unpaired) electrons. The largest absolute Gasteiger partial charge is 0.490 e. The van der Waals surface area contributed by atoms with Crippen molar-refractivity contribution in [1.29, 1.82) is 0 Å². The Hall–Kier alpha value is -6.16. The Morgan fingerprint density at radius 1 is 0.531 bits per heavy atom. The maximum Gasteiger partial charge on any atom is 0.343 e. The lowest BCUT2D eigenvalue weighted by molar-refractivity contribution is -0.137. The van der Waals surface area contributed by atoms with E-state index in [0.29, 0.717) is 53.8 Å². The van der Waals surface area contributed by atoms with Crippen molar-refractivity contribution in [2.45, 2.75) is 26.2 Å². The molecule has 0 aromatic heterocycles. The summed E-state index contributed by atoms with van der Waals surface area (Å²) in [5.74, 6) is 0.204. The first-order valence-electron chi connectivity index (χ1n) is 15.5. The van der Waals surface area contributed by atoms with Gasteiger partial charge in [0.15, 0.2) is 0 Å². The highest BCUT2D eigenvalue weighted by Gasteiger charge is 2.16. The molecule has 0 aliphatic carbocycles. The predicted octanol–water partition coefficient (Wildman–Crippen LogP) is 7.57. The van der Waals surface area contributed by atoms with Gasteiger partial charge < -0.3 is 28.4 Å². The third kappa shape index (κ3) is 11.9. The van der Waals surface area contributed by atoms with Crippen molar-refractivity contribution < 1.29 is 47.6 Å². The summed E-state index contributed by atoms with van der Waals surface area (Å²) < 4.78 is 32.4. The smallest absolute Gasteiger partial charge is 0.343 e. The number of hydrogen-bond acceptors (Lipinski definition) is 10. The van der Waals surface area contributed by atoms with Crippen LogP contribution in [0.25, 0.3) is 0 Å². The molecule has 0 fully saturated rings. The maximum atomic E-state index is 12.5. The molecule has 4 rings (SSSR count). The van der Waals surface area contributed by atoms with Crippen LogP contribution in [0.3, 0.4) is 0 Å². The standard InChI is InChI=1S/C39H36O10/c1-4-24-44-30-11-7-28(8-12-30)38(42)48-34-19-15-32(16-20-34)46-36(40)23-6-27(3)26-37(41)47-33-17-21-35(22-18-33)49-39(43)29-9-13-31(14-10-29)45-25-5-2/h4-5,7-22,27H,1-2,6,23-26H2,3H3/t27-/m0/s1. The topological polar surface area (TPSA) is 124 Å². The minimum atomic E-state index is -0.542. The summed E-state index contributed by atoms with van der Waals surface area (Å²) in [5, 5.41) is 0.